The number of allylic oxidation sites excluding steroid dienone is 1. The first-order valence-corrected chi connectivity index (χ1v) is 6.43. The van der Waals surface area contributed by atoms with E-state index >= 15 is 0 Å². The van der Waals surface area contributed by atoms with Crippen molar-refractivity contribution in [2.75, 3.05) is 6.61 Å². The van der Waals surface area contributed by atoms with Crippen LogP contribution in [0.4, 0.5) is 0 Å². The summed E-state index contributed by atoms with van der Waals surface area (Å²) >= 11 is 6.25. The van der Waals surface area contributed by atoms with Crippen LogP contribution in [-0.4, -0.2) is 6.61 Å². The maximum atomic E-state index is 6.25. The molecule has 0 bridgehead atoms. The van der Waals surface area contributed by atoms with Crippen molar-refractivity contribution in [3.8, 4) is 5.75 Å². The Morgan fingerprint density at radius 2 is 2.12 bits per heavy atom. The fourth-order valence-corrected chi connectivity index (χ4v) is 2.44. The van der Waals surface area contributed by atoms with Crippen molar-refractivity contribution in [3.63, 3.8) is 0 Å². The summed E-state index contributed by atoms with van der Waals surface area (Å²) in [7, 11) is 0. The van der Waals surface area contributed by atoms with Gasteiger partial charge in [0.1, 0.15) is 5.75 Å². The average Bonchev–Trinajstić information content (AvgIpc) is 2.26. The number of ether oxygens (including phenoxy) is 1. The Balaban J connectivity index is 3.35. The van der Waals surface area contributed by atoms with Crippen molar-refractivity contribution >= 4 is 11.6 Å². The van der Waals surface area contributed by atoms with Crippen LogP contribution < -0.4 is 4.74 Å². The van der Waals surface area contributed by atoms with E-state index in [1.165, 1.54) is 5.56 Å². The molecule has 1 aromatic carbocycles. The Kier molecular flexibility index (Phi) is 5.07. The summed E-state index contributed by atoms with van der Waals surface area (Å²) in [4.78, 5) is 0. The minimum Gasteiger partial charge on any atom is -0.493 e. The molecular formula is C15H21ClO. The fraction of sp³-hybridized carbons (Fsp3) is 0.467. The third-order valence-corrected chi connectivity index (χ3v) is 3.40. The summed E-state index contributed by atoms with van der Waals surface area (Å²) in [5.74, 6) is 1.37. The molecule has 0 aliphatic carbocycles. The second kappa shape index (κ2) is 6.11. The molecule has 0 fully saturated rings. The Bertz CT molecular complexity index is 410. The molecule has 17 heavy (non-hydrogen) atoms. The van der Waals surface area contributed by atoms with Gasteiger partial charge >= 0.3 is 0 Å². The van der Waals surface area contributed by atoms with E-state index in [1.54, 1.807) is 0 Å². The van der Waals surface area contributed by atoms with Gasteiger partial charge in [-0.1, -0.05) is 24.6 Å². The molecule has 0 amide bonds. The van der Waals surface area contributed by atoms with E-state index in [0.717, 1.165) is 28.3 Å². The summed E-state index contributed by atoms with van der Waals surface area (Å²) in [5.41, 5.74) is 3.44. The average molecular weight is 253 g/mol. The molecule has 0 aromatic heterocycles. The second-order valence-electron chi connectivity index (χ2n) is 4.40. The Labute approximate surface area is 109 Å². The minimum absolute atomic E-state index is 0.381. The number of hydrogen-bond acceptors (Lipinski definition) is 1. The third kappa shape index (κ3) is 3.04. The summed E-state index contributed by atoms with van der Waals surface area (Å²) in [6.07, 6.45) is 2.87. The molecule has 0 aliphatic rings. The zero-order valence-electron chi connectivity index (χ0n) is 11.1. The molecule has 0 aliphatic heterocycles. The largest absolute Gasteiger partial charge is 0.493 e. The maximum Gasteiger partial charge on any atom is 0.126 e. The van der Waals surface area contributed by atoms with Gasteiger partial charge in [0.25, 0.3) is 0 Å². The van der Waals surface area contributed by atoms with Gasteiger partial charge in [-0.3, -0.25) is 0 Å². The van der Waals surface area contributed by atoms with Crippen LogP contribution in [0.15, 0.2) is 18.7 Å². The lowest BCUT2D eigenvalue weighted by molar-refractivity contribution is 0.332. The van der Waals surface area contributed by atoms with Gasteiger partial charge in [-0.25, -0.2) is 0 Å². The SMILES string of the molecule is C=CCC(C)c1c(C)c(Cl)cc(C)c1OCC. The second-order valence-corrected chi connectivity index (χ2v) is 4.81. The van der Waals surface area contributed by atoms with Crippen molar-refractivity contribution in [1.29, 1.82) is 0 Å². The molecule has 1 atom stereocenters. The van der Waals surface area contributed by atoms with Crippen LogP contribution in [0.5, 0.6) is 5.75 Å². The molecule has 94 valence electrons. The molecule has 0 heterocycles. The highest BCUT2D eigenvalue weighted by molar-refractivity contribution is 6.31. The molecule has 1 nitrogen and oxygen atoms in total. The van der Waals surface area contributed by atoms with Gasteiger partial charge in [0, 0.05) is 10.6 Å². The number of rotatable bonds is 5. The molecule has 0 N–H and O–H groups in total. The number of benzene rings is 1. The standard InChI is InChI=1S/C15H21ClO/c1-6-8-10(3)14-12(5)13(16)9-11(4)15(14)17-7-2/h6,9-10H,1,7-8H2,2-5H3. The van der Waals surface area contributed by atoms with Crippen LogP contribution in [-0.2, 0) is 0 Å². The maximum absolute atomic E-state index is 6.25. The van der Waals surface area contributed by atoms with Crippen molar-refractivity contribution in [2.24, 2.45) is 0 Å². The number of halogens is 1. The van der Waals surface area contributed by atoms with Crippen LogP contribution in [0.3, 0.4) is 0 Å². The van der Waals surface area contributed by atoms with E-state index in [-0.39, 0.29) is 0 Å². The summed E-state index contributed by atoms with van der Waals surface area (Å²) < 4.78 is 5.78. The zero-order chi connectivity index (χ0) is 13.0. The molecule has 2 heteroatoms. The summed E-state index contributed by atoms with van der Waals surface area (Å²) in [6, 6.07) is 1.98. The molecule has 1 unspecified atom stereocenters. The molecule has 0 saturated carbocycles. The minimum atomic E-state index is 0.381. The molecular weight excluding hydrogens is 232 g/mol. The van der Waals surface area contributed by atoms with Crippen molar-refractivity contribution in [2.45, 2.75) is 40.0 Å². The van der Waals surface area contributed by atoms with Crippen LogP contribution in [0.1, 0.15) is 42.9 Å². The number of aryl methyl sites for hydroxylation is 1. The predicted octanol–water partition coefficient (Wildman–Crippen LogP) is 5.04. The van der Waals surface area contributed by atoms with E-state index in [0.29, 0.717) is 12.5 Å². The quantitative estimate of drug-likeness (QED) is 0.668. The molecule has 0 spiro atoms. The van der Waals surface area contributed by atoms with Gasteiger partial charge < -0.3 is 4.74 Å². The molecule has 0 saturated heterocycles. The van der Waals surface area contributed by atoms with Crippen LogP contribution in [0, 0.1) is 13.8 Å². The zero-order valence-corrected chi connectivity index (χ0v) is 11.9. The summed E-state index contributed by atoms with van der Waals surface area (Å²) in [6.45, 7) is 12.8. The Morgan fingerprint density at radius 1 is 1.47 bits per heavy atom. The van der Waals surface area contributed by atoms with Crippen LogP contribution in [0.25, 0.3) is 0 Å². The van der Waals surface area contributed by atoms with Crippen LogP contribution >= 0.6 is 11.6 Å². The van der Waals surface area contributed by atoms with Gasteiger partial charge in [-0.2, -0.15) is 0 Å². The highest BCUT2D eigenvalue weighted by atomic mass is 35.5. The van der Waals surface area contributed by atoms with Crippen molar-refractivity contribution in [1.82, 2.24) is 0 Å². The van der Waals surface area contributed by atoms with Gasteiger partial charge in [-0.05, 0) is 50.3 Å². The lowest BCUT2D eigenvalue weighted by atomic mass is 9.91. The van der Waals surface area contributed by atoms with E-state index in [4.69, 9.17) is 16.3 Å². The monoisotopic (exact) mass is 252 g/mol. The Morgan fingerprint density at radius 3 is 2.65 bits per heavy atom. The summed E-state index contributed by atoms with van der Waals surface area (Å²) in [5, 5.41) is 0.817. The smallest absolute Gasteiger partial charge is 0.126 e. The van der Waals surface area contributed by atoms with E-state index in [1.807, 2.05) is 26.0 Å². The topological polar surface area (TPSA) is 9.23 Å². The van der Waals surface area contributed by atoms with E-state index < -0.39 is 0 Å². The normalized spacial score (nSPS) is 12.3. The lowest BCUT2D eigenvalue weighted by Gasteiger charge is -2.21. The molecule has 0 radical (unpaired) electrons. The molecule has 1 aromatic rings. The van der Waals surface area contributed by atoms with Gasteiger partial charge in [0.15, 0.2) is 0 Å². The highest BCUT2D eigenvalue weighted by Gasteiger charge is 2.18. The van der Waals surface area contributed by atoms with Gasteiger partial charge in [0.2, 0.25) is 0 Å². The van der Waals surface area contributed by atoms with Crippen LogP contribution in [0.2, 0.25) is 5.02 Å². The van der Waals surface area contributed by atoms with Gasteiger partial charge in [-0.15, -0.1) is 6.58 Å². The first kappa shape index (κ1) is 14.1. The first-order chi connectivity index (χ1) is 8.02. The fourth-order valence-electron chi connectivity index (χ4n) is 2.17. The number of hydrogen-bond donors (Lipinski definition) is 0. The van der Waals surface area contributed by atoms with E-state index in [9.17, 15) is 0 Å². The van der Waals surface area contributed by atoms with E-state index in [2.05, 4.69) is 20.4 Å². The highest BCUT2D eigenvalue weighted by Crippen LogP contribution is 2.38. The van der Waals surface area contributed by atoms with Gasteiger partial charge in [0.05, 0.1) is 6.61 Å². The molecule has 1 rings (SSSR count). The Hall–Kier alpha value is -0.950. The third-order valence-electron chi connectivity index (χ3n) is 3.01. The van der Waals surface area contributed by atoms with Crippen molar-refractivity contribution in [3.05, 3.63) is 40.4 Å². The predicted molar refractivity (Wildman–Crippen MR) is 75.3 cm³/mol. The lowest BCUT2D eigenvalue weighted by Crippen LogP contribution is -2.05. The first-order valence-electron chi connectivity index (χ1n) is 6.06. The van der Waals surface area contributed by atoms with Crippen molar-refractivity contribution < 1.29 is 4.74 Å².